The Hall–Kier alpha value is -1.96. The Morgan fingerprint density at radius 1 is 1.48 bits per heavy atom. The zero-order valence-electron chi connectivity index (χ0n) is 12.0. The topological polar surface area (TPSA) is 76.9 Å². The van der Waals surface area contributed by atoms with Gasteiger partial charge in [0.05, 0.1) is 17.6 Å². The number of halogens is 1. The highest BCUT2D eigenvalue weighted by Gasteiger charge is 2.22. The van der Waals surface area contributed by atoms with Gasteiger partial charge in [0.25, 0.3) is 10.0 Å². The molecule has 0 bridgehead atoms. The maximum atomic E-state index is 13.5. The van der Waals surface area contributed by atoms with Gasteiger partial charge in [-0.1, -0.05) is 6.92 Å². The lowest BCUT2D eigenvalue weighted by Gasteiger charge is -2.12. The lowest BCUT2D eigenvalue weighted by molar-refractivity contribution is 0.468. The fraction of sp³-hybridized carbons (Fsp3) is 0.385. The fourth-order valence-electron chi connectivity index (χ4n) is 1.91. The summed E-state index contributed by atoms with van der Waals surface area (Å²) in [5.74, 6) is -1.03. The van der Waals surface area contributed by atoms with Crippen LogP contribution in [0.5, 0.6) is 0 Å². The standard InChI is InChI=1S/C13H17FN4O2S/c1-4-9(2)18-10(3)11(8-16-18)17-21(19,20)12-6-5-7-15-13(12)14/h5-9,17H,4H2,1-3H3/t9-/m0/s1. The highest BCUT2D eigenvalue weighted by Crippen LogP contribution is 2.23. The van der Waals surface area contributed by atoms with E-state index in [-0.39, 0.29) is 6.04 Å². The Bertz CT molecular complexity index is 742. The summed E-state index contributed by atoms with van der Waals surface area (Å²) in [5.41, 5.74) is 1.01. The number of rotatable bonds is 5. The predicted octanol–water partition coefficient (Wildman–Crippen LogP) is 2.50. The number of aromatic nitrogens is 3. The molecule has 2 heterocycles. The van der Waals surface area contributed by atoms with Crippen molar-refractivity contribution in [2.45, 2.75) is 38.1 Å². The molecule has 0 saturated carbocycles. The summed E-state index contributed by atoms with van der Waals surface area (Å²) < 4.78 is 42.0. The molecule has 6 nitrogen and oxygen atoms in total. The van der Waals surface area contributed by atoms with Crippen molar-refractivity contribution in [2.24, 2.45) is 0 Å². The molecule has 0 radical (unpaired) electrons. The van der Waals surface area contributed by atoms with Crippen molar-refractivity contribution in [3.8, 4) is 0 Å². The molecule has 2 aromatic rings. The van der Waals surface area contributed by atoms with Crippen molar-refractivity contribution in [3.05, 3.63) is 36.2 Å². The van der Waals surface area contributed by atoms with E-state index in [1.165, 1.54) is 24.5 Å². The number of hydrogen-bond acceptors (Lipinski definition) is 4. The second kappa shape index (κ2) is 5.80. The third-order valence-corrected chi connectivity index (χ3v) is 4.68. The van der Waals surface area contributed by atoms with Gasteiger partial charge in [-0.15, -0.1) is 0 Å². The summed E-state index contributed by atoms with van der Waals surface area (Å²) in [5, 5.41) is 4.17. The van der Waals surface area contributed by atoms with E-state index in [1.807, 2.05) is 13.8 Å². The van der Waals surface area contributed by atoms with Crippen LogP contribution in [0.15, 0.2) is 29.4 Å². The van der Waals surface area contributed by atoms with E-state index in [1.54, 1.807) is 11.6 Å². The van der Waals surface area contributed by atoms with Crippen molar-refractivity contribution in [1.82, 2.24) is 14.8 Å². The highest BCUT2D eigenvalue weighted by molar-refractivity contribution is 7.92. The van der Waals surface area contributed by atoms with Crippen LogP contribution < -0.4 is 4.72 Å². The molecule has 1 atom stereocenters. The number of pyridine rings is 1. The average Bonchev–Trinajstić information content (AvgIpc) is 2.79. The lowest BCUT2D eigenvalue weighted by Crippen LogP contribution is -2.16. The largest absolute Gasteiger partial charge is 0.276 e. The Morgan fingerprint density at radius 2 is 2.19 bits per heavy atom. The molecule has 8 heteroatoms. The van der Waals surface area contributed by atoms with E-state index in [0.29, 0.717) is 11.4 Å². The normalized spacial score (nSPS) is 13.1. The van der Waals surface area contributed by atoms with Crippen LogP contribution in [0.1, 0.15) is 32.0 Å². The molecular weight excluding hydrogens is 295 g/mol. The van der Waals surface area contributed by atoms with Crippen LogP contribution in [0.4, 0.5) is 10.1 Å². The SMILES string of the molecule is CC[C@H](C)n1ncc(NS(=O)(=O)c2cccnc2F)c1C. The van der Waals surface area contributed by atoms with Crippen LogP contribution in [0, 0.1) is 12.9 Å². The zero-order valence-corrected chi connectivity index (χ0v) is 12.9. The van der Waals surface area contributed by atoms with Crippen LogP contribution in [-0.2, 0) is 10.0 Å². The molecule has 0 aliphatic carbocycles. The monoisotopic (exact) mass is 312 g/mol. The molecule has 114 valence electrons. The first-order valence-corrected chi connectivity index (χ1v) is 8.02. The average molecular weight is 312 g/mol. The van der Waals surface area contributed by atoms with E-state index in [4.69, 9.17) is 0 Å². The third-order valence-electron chi connectivity index (χ3n) is 3.31. The van der Waals surface area contributed by atoms with Crippen molar-refractivity contribution >= 4 is 15.7 Å². The minimum absolute atomic E-state index is 0.151. The third kappa shape index (κ3) is 3.05. The van der Waals surface area contributed by atoms with Crippen molar-refractivity contribution < 1.29 is 12.8 Å². The first-order valence-electron chi connectivity index (χ1n) is 6.54. The van der Waals surface area contributed by atoms with Crippen LogP contribution in [0.25, 0.3) is 0 Å². The Balaban J connectivity index is 2.34. The van der Waals surface area contributed by atoms with E-state index in [9.17, 15) is 12.8 Å². The molecular formula is C13H17FN4O2S. The summed E-state index contributed by atoms with van der Waals surface area (Å²) in [6.45, 7) is 5.76. The number of nitrogens with zero attached hydrogens (tertiary/aromatic N) is 3. The minimum Gasteiger partial charge on any atom is -0.276 e. The molecule has 0 amide bonds. The molecule has 0 aliphatic rings. The number of nitrogens with one attached hydrogen (secondary N) is 1. The molecule has 0 spiro atoms. The zero-order chi connectivity index (χ0) is 15.6. The van der Waals surface area contributed by atoms with Gasteiger partial charge in [0.2, 0.25) is 5.95 Å². The number of sulfonamides is 1. The molecule has 0 aromatic carbocycles. The maximum absolute atomic E-state index is 13.5. The number of hydrogen-bond donors (Lipinski definition) is 1. The van der Waals surface area contributed by atoms with Gasteiger partial charge in [-0.05, 0) is 32.4 Å². The van der Waals surface area contributed by atoms with Crippen LogP contribution in [0.3, 0.4) is 0 Å². The Kier molecular flexibility index (Phi) is 4.26. The van der Waals surface area contributed by atoms with E-state index < -0.39 is 20.9 Å². The van der Waals surface area contributed by atoms with Gasteiger partial charge in [0.1, 0.15) is 4.90 Å². The van der Waals surface area contributed by atoms with Crippen molar-refractivity contribution in [2.75, 3.05) is 4.72 Å². The molecule has 2 aromatic heterocycles. The summed E-state index contributed by atoms with van der Waals surface area (Å²) in [6.07, 6.45) is 3.49. The van der Waals surface area contributed by atoms with E-state index in [2.05, 4.69) is 14.8 Å². The van der Waals surface area contributed by atoms with Crippen LogP contribution >= 0.6 is 0 Å². The quantitative estimate of drug-likeness (QED) is 0.861. The van der Waals surface area contributed by atoms with Crippen LogP contribution in [-0.4, -0.2) is 23.2 Å². The molecule has 1 N–H and O–H groups in total. The van der Waals surface area contributed by atoms with Gasteiger partial charge in [-0.2, -0.15) is 9.49 Å². The molecule has 0 saturated heterocycles. The summed E-state index contributed by atoms with van der Waals surface area (Å²) in [4.78, 5) is 2.86. The first kappa shape index (κ1) is 15.4. The Morgan fingerprint density at radius 3 is 2.81 bits per heavy atom. The summed E-state index contributed by atoms with van der Waals surface area (Å²) >= 11 is 0. The second-order valence-electron chi connectivity index (χ2n) is 4.74. The van der Waals surface area contributed by atoms with Crippen molar-refractivity contribution in [1.29, 1.82) is 0 Å². The molecule has 0 unspecified atom stereocenters. The minimum atomic E-state index is -4.03. The lowest BCUT2D eigenvalue weighted by atomic mass is 10.2. The number of anilines is 1. The van der Waals surface area contributed by atoms with Gasteiger partial charge in [-0.25, -0.2) is 13.4 Å². The van der Waals surface area contributed by atoms with Crippen LogP contribution in [0.2, 0.25) is 0 Å². The molecule has 2 rings (SSSR count). The van der Waals surface area contributed by atoms with Gasteiger partial charge < -0.3 is 0 Å². The van der Waals surface area contributed by atoms with Gasteiger partial charge >= 0.3 is 0 Å². The summed E-state index contributed by atoms with van der Waals surface area (Å²) in [6, 6.07) is 2.69. The molecule has 21 heavy (non-hydrogen) atoms. The fourth-order valence-corrected chi connectivity index (χ4v) is 3.04. The second-order valence-corrected chi connectivity index (χ2v) is 6.39. The first-order chi connectivity index (χ1) is 9.86. The van der Waals surface area contributed by atoms with E-state index in [0.717, 1.165) is 6.42 Å². The predicted molar refractivity (Wildman–Crippen MR) is 77.0 cm³/mol. The molecule has 0 aliphatic heterocycles. The van der Waals surface area contributed by atoms with E-state index >= 15 is 0 Å². The van der Waals surface area contributed by atoms with Gasteiger partial charge in [0.15, 0.2) is 0 Å². The highest BCUT2D eigenvalue weighted by atomic mass is 32.2. The molecule has 0 fully saturated rings. The maximum Gasteiger partial charge on any atom is 0.266 e. The smallest absolute Gasteiger partial charge is 0.266 e. The van der Waals surface area contributed by atoms with Gasteiger partial charge in [0, 0.05) is 12.2 Å². The van der Waals surface area contributed by atoms with Crippen molar-refractivity contribution in [3.63, 3.8) is 0 Å². The summed E-state index contributed by atoms with van der Waals surface area (Å²) in [7, 11) is -4.03. The van der Waals surface area contributed by atoms with Gasteiger partial charge in [-0.3, -0.25) is 9.40 Å². The Labute approximate surface area is 123 Å².